The van der Waals surface area contributed by atoms with Crippen LogP contribution in [0.2, 0.25) is 0 Å². The Balaban J connectivity index is 1.62. The molecule has 1 aromatic rings. The first kappa shape index (κ1) is 14.6. The van der Waals surface area contributed by atoms with Gasteiger partial charge in [0.25, 0.3) is 5.91 Å². The van der Waals surface area contributed by atoms with Crippen molar-refractivity contribution < 1.29 is 9.53 Å². The number of aromatic amines is 1. The van der Waals surface area contributed by atoms with Crippen LogP contribution >= 0.6 is 0 Å². The normalized spacial score (nSPS) is 24.5. The van der Waals surface area contributed by atoms with Crippen molar-refractivity contribution in [3.63, 3.8) is 0 Å². The summed E-state index contributed by atoms with van der Waals surface area (Å²) in [5.74, 6) is 0.892. The number of ether oxygens (including phenoxy) is 1. The predicted octanol–water partition coefficient (Wildman–Crippen LogP) is 2.22. The molecule has 2 aliphatic rings. The minimum absolute atomic E-state index is 0.0443. The molecule has 0 aromatic carbocycles. The third kappa shape index (κ3) is 3.46. The molecule has 0 radical (unpaired) electrons. The first-order chi connectivity index (χ1) is 10.0. The third-order valence-corrected chi connectivity index (χ3v) is 4.39. The number of imidazole rings is 1. The molecule has 1 atom stereocenters. The van der Waals surface area contributed by atoms with Gasteiger partial charge in [-0.2, -0.15) is 0 Å². The van der Waals surface area contributed by atoms with Crippen LogP contribution in [0.3, 0.4) is 0 Å². The number of rotatable bonds is 4. The summed E-state index contributed by atoms with van der Waals surface area (Å²) in [5, 5.41) is 2.96. The maximum absolute atomic E-state index is 12.1. The van der Waals surface area contributed by atoms with Gasteiger partial charge in [-0.05, 0) is 37.5 Å². The van der Waals surface area contributed by atoms with E-state index in [9.17, 15) is 4.79 Å². The van der Waals surface area contributed by atoms with Crippen molar-refractivity contribution in [3.8, 4) is 0 Å². The van der Waals surface area contributed by atoms with Gasteiger partial charge in [-0.15, -0.1) is 0 Å². The van der Waals surface area contributed by atoms with Gasteiger partial charge in [0.15, 0.2) is 0 Å². The lowest BCUT2D eigenvalue weighted by Crippen LogP contribution is -2.32. The van der Waals surface area contributed by atoms with Gasteiger partial charge >= 0.3 is 0 Å². The molecule has 0 saturated carbocycles. The summed E-state index contributed by atoms with van der Waals surface area (Å²) >= 11 is 0. The Labute approximate surface area is 125 Å². The van der Waals surface area contributed by atoms with Gasteiger partial charge in [-0.1, -0.05) is 13.8 Å². The highest BCUT2D eigenvalue weighted by molar-refractivity contribution is 5.93. The first-order valence-electron chi connectivity index (χ1n) is 8.01. The number of aryl methyl sites for hydroxylation is 1. The van der Waals surface area contributed by atoms with Gasteiger partial charge in [0, 0.05) is 25.3 Å². The summed E-state index contributed by atoms with van der Waals surface area (Å²) in [6.07, 6.45) is 6.70. The van der Waals surface area contributed by atoms with Crippen molar-refractivity contribution in [2.75, 3.05) is 13.2 Å². The molecule has 1 fully saturated rings. The molecule has 0 aliphatic carbocycles. The van der Waals surface area contributed by atoms with Crippen molar-refractivity contribution in [2.45, 2.75) is 58.5 Å². The van der Waals surface area contributed by atoms with E-state index in [2.05, 4.69) is 29.1 Å². The Bertz CT molecular complexity index is 516. The molecule has 116 valence electrons. The van der Waals surface area contributed by atoms with Gasteiger partial charge in [0.1, 0.15) is 11.5 Å². The second-order valence-electron chi connectivity index (χ2n) is 7.06. The Morgan fingerprint density at radius 2 is 2.29 bits per heavy atom. The average molecular weight is 291 g/mol. The van der Waals surface area contributed by atoms with Crippen molar-refractivity contribution in [1.82, 2.24) is 15.3 Å². The van der Waals surface area contributed by atoms with Crippen LogP contribution < -0.4 is 5.32 Å². The number of amides is 1. The molecule has 5 nitrogen and oxygen atoms in total. The molecule has 5 heteroatoms. The Kier molecular flexibility index (Phi) is 4.02. The van der Waals surface area contributed by atoms with Crippen LogP contribution in [0.1, 0.15) is 61.5 Å². The fourth-order valence-electron chi connectivity index (χ4n) is 3.21. The number of fused-ring (bicyclic) bond motifs is 1. The van der Waals surface area contributed by atoms with E-state index in [4.69, 9.17) is 4.74 Å². The third-order valence-electron chi connectivity index (χ3n) is 4.39. The van der Waals surface area contributed by atoms with E-state index >= 15 is 0 Å². The minimum Gasteiger partial charge on any atom is -0.378 e. The lowest BCUT2D eigenvalue weighted by atomic mass is 9.88. The molecule has 3 heterocycles. The smallest absolute Gasteiger partial charge is 0.271 e. The number of aromatic nitrogens is 2. The van der Waals surface area contributed by atoms with Gasteiger partial charge < -0.3 is 15.0 Å². The molecule has 1 saturated heterocycles. The summed E-state index contributed by atoms with van der Waals surface area (Å²) in [6, 6.07) is 0. The molecule has 1 aromatic heterocycles. The molecule has 1 unspecified atom stereocenters. The molecular formula is C16H25N3O2. The maximum Gasteiger partial charge on any atom is 0.271 e. The average Bonchev–Trinajstić information content (AvgIpc) is 3.04. The van der Waals surface area contributed by atoms with Crippen molar-refractivity contribution in [1.29, 1.82) is 0 Å². The molecule has 2 N–H and O–H groups in total. The van der Waals surface area contributed by atoms with Gasteiger partial charge in [-0.25, -0.2) is 4.98 Å². The molecule has 2 aliphatic heterocycles. The van der Waals surface area contributed by atoms with Crippen LogP contribution in [0.15, 0.2) is 0 Å². The highest BCUT2D eigenvalue weighted by Crippen LogP contribution is 2.25. The van der Waals surface area contributed by atoms with Gasteiger partial charge in [-0.3, -0.25) is 4.79 Å². The zero-order chi connectivity index (χ0) is 14.9. The van der Waals surface area contributed by atoms with Crippen LogP contribution in [-0.4, -0.2) is 35.1 Å². The number of nitrogens with one attached hydrogen (secondary N) is 2. The monoisotopic (exact) mass is 291 g/mol. The topological polar surface area (TPSA) is 67.0 Å². The van der Waals surface area contributed by atoms with Crippen molar-refractivity contribution in [3.05, 3.63) is 17.2 Å². The Hall–Kier alpha value is -1.36. The number of nitrogens with zero attached hydrogens (tertiary/aromatic N) is 1. The molecule has 1 amide bonds. The number of hydrogen-bond donors (Lipinski definition) is 2. The quantitative estimate of drug-likeness (QED) is 0.894. The minimum atomic E-state index is -0.0443. The summed E-state index contributed by atoms with van der Waals surface area (Å²) in [6.45, 7) is 5.94. The highest BCUT2D eigenvalue weighted by Gasteiger charge is 2.29. The summed E-state index contributed by atoms with van der Waals surface area (Å²) in [5.41, 5.74) is 1.65. The van der Waals surface area contributed by atoms with E-state index in [-0.39, 0.29) is 11.3 Å². The second-order valence-corrected chi connectivity index (χ2v) is 7.06. The van der Waals surface area contributed by atoms with Gasteiger partial charge in [0.2, 0.25) is 0 Å². The number of carbonyl (C=O) groups is 1. The van der Waals surface area contributed by atoms with Crippen LogP contribution in [0, 0.1) is 5.41 Å². The summed E-state index contributed by atoms with van der Waals surface area (Å²) in [7, 11) is 0. The number of hydrogen-bond acceptors (Lipinski definition) is 3. The number of carbonyl (C=O) groups excluding carboxylic acids is 1. The van der Waals surface area contributed by atoms with E-state index < -0.39 is 0 Å². The SMILES string of the molecule is CC1(C)CNC(=O)c2nc(CCCC3CCCO3)[nH]c2C1. The second kappa shape index (κ2) is 5.79. The Morgan fingerprint density at radius 1 is 1.43 bits per heavy atom. The molecule has 0 bridgehead atoms. The zero-order valence-corrected chi connectivity index (χ0v) is 13.0. The lowest BCUT2D eigenvalue weighted by molar-refractivity contribution is 0.0940. The molecule has 21 heavy (non-hydrogen) atoms. The van der Waals surface area contributed by atoms with Crippen molar-refractivity contribution >= 4 is 5.91 Å². The van der Waals surface area contributed by atoms with Crippen LogP contribution in [0.4, 0.5) is 0 Å². The summed E-state index contributed by atoms with van der Waals surface area (Å²) in [4.78, 5) is 20.0. The molecular weight excluding hydrogens is 266 g/mol. The van der Waals surface area contributed by atoms with Gasteiger partial charge in [0.05, 0.1) is 6.10 Å². The fraction of sp³-hybridized carbons (Fsp3) is 0.750. The summed E-state index contributed by atoms with van der Waals surface area (Å²) < 4.78 is 5.64. The fourth-order valence-corrected chi connectivity index (χ4v) is 3.21. The largest absolute Gasteiger partial charge is 0.378 e. The van der Waals surface area contributed by atoms with Crippen molar-refractivity contribution in [2.24, 2.45) is 5.41 Å². The highest BCUT2D eigenvalue weighted by atomic mass is 16.5. The maximum atomic E-state index is 12.1. The van der Waals surface area contributed by atoms with E-state index in [1.54, 1.807) is 0 Å². The Morgan fingerprint density at radius 3 is 3.05 bits per heavy atom. The lowest BCUT2D eigenvalue weighted by Gasteiger charge is -2.21. The van der Waals surface area contributed by atoms with Crippen LogP contribution in [0.25, 0.3) is 0 Å². The first-order valence-corrected chi connectivity index (χ1v) is 8.01. The zero-order valence-electron chi connectivity index (χ0n) is 13.0. The standard InChI is InChI=1S/C16H25N3O2/c1-16(2)9-12-14(15(20)17-10-16)19-13(18-12)7-3-5-11-6-4-8-21-11/h11H,3-10H2,1-2H3,(H,17,20)(H,18,19). The van der Waals surface area contributed by atoms with E-state index in [1.165, 1.54) is 12.8 Å². The molecule has 0 spiro atoms. The van der Waals surface area contributed by atoms with Crippen LogP contribution in [-0.2, 0) is 17.6 Å². The van der Waals surface area contributed by atoms with E-state index in [0.717, 1.165) is 43.8 Å². The number of H-pyrrole nitrogens is 1. The predicted molar refractivity (Wildman–Crippen MR) is 80.3 cm³/mol. The van der Waals surface area contributed by atoms with E-state index in [0.29, 0.717) is 18.3 Å². The van der Waals surface area contributed by atoms with Crippen LogP contribution in [0.5, 0.6) is 0 Å². The molecule has 3 rings (SSSR count). The van der Waals surface area contributed by atoms with E-state index in [1.807, 2.05) is 0 Å².